The Labute approximate surface area is 212 Å². The summed E-state index contributed by atoms with van der Waals surface area (Å²) in [4.78, 5) is 43.0. The summed E-state index contributed by atoms with van der Waals surface area (Å²) >= 11 is 0. The lowest BCUT2D eigenvalue weighted by Crippen LogP contribution is -2.52. The van der Waals surface area contributed by atoms with Crippen LogP contribution in [0.1, 0.15) is 43.4 Å². The molecule has 2 aromatic carbocycles. The molecule has 0 bridgehead atoms. The van der Waals surface area contributed by atoms with E-state index in [-0.39, 0.29) is 37.5 Å². The van der Waals surface area contributed by atoms with Crippen LogP contribution in [0.2, 0.25) is 0 Å². The highest BCUT2D eigenvalue weighted by Crippen LogP contribution is 2.47. The maximum Gasteiger partial charge on any atom is 0.410 e. The zero-order valence-corrected chi connectivity index (χ0v) is 21.4. The highest BCUT2D eigenvalue weighted by Gasteiger charge is 2.56. The second-order valence-electron chi connectivity index (χ2n) is 10.4. The quantitative estimate of drug-likeness (QED) is 0.616. The molecule has 2 aliphatic heterocycles. The Morgan fingerprint density at radius 1 is 1.22 bits per heavy atom. The minimum Gasteiger partial charge on any atom is -0.445 e. The van der Waals surface area contributed by atoms with Crippen LogP contribution in [0.25, 0.3) is 0 Å². The molecule has 3 atom stereocenters. The fourth-order valence-electron chi connectivity index (χ4n) is 5.32. The van der Waals surface area contributed by atoms with Crippen molar-refractivity contribution in [2.45, 2.75) is 57.7 Å². The number of aliphatic hydroxyl groups is 1. The summed E-state index contributed by atoms with van der Waals surface area (Å²) in [6, 6.07) is 13.9. The van der Waals surface area contributed by atoms with Crippen LogP contribution in [0.15, 0.2) is 48.5 Å². The molecule has 8 nitrogen and oxygen atoms in total. The van der Waals surface area contributed by atoms with Crippen molar-refractivity contribution in [2.75, 3.05) is 25.5 Å². The van der Waals surface area contributed by atoms with Crippen LogP contribution in [0.4, 0.5) is 10.5 Å². The van der Waals surface area contributed by atoms with E-state index in [1.54, 1.807) is 11.9 Å². The van der Waals surface area contributed by atoms with Gasteiger partial charge in [0.15, 0.2) is 0 Å². The van der Waals surface area contributed by atoms with Gasteiger partial charge < -0.3 is 20.1 Å². The number of benzene rings is 2. The summed E-state index contributed by atoms with van der Waals surface area (Å²) in [5, 5.41) is 13.2. The van der Waals surface area contributed by atoms with Gasteiger partial charge in [0.1, 0.15) is 12.6 Å². The Bertz CT molecular complexity index is 1140. The van der Waals surface area contributed by atoms with Crippen LogP contribution >= 0.6 is 0 Å². The number of nitrogens with zero attached hydrogens (tertiary/aromatic N) is 2. The summed E-state index contributed by atoms with van der Waals surface area (Å²) in [5.41, 5.74) is 2.57. The van der Waals surface area contributed by atoms with Crippen molar-refractivity contribution < 1.29 is 24.2 Å². The Morgan fingerprint density at radius 2 is 1.94 bits per heavy atom. The summed E-state index contributed by atoms with van der Waals surface area (Å²) in [6.07, 6.45) is 0.167. The molecule has 2 aromatic rings. The molecular weight excluding hydrogens is 458 g/mol. The van der Waals surface area contributed by atoms with E-state index in [0.29, 0.717) is 12.8 Å². The van der Waals surface area contributed by atoms with Crippen molar-refractivity contribution in [1.82, 2.24) is 9.80 Å². The number of carbonyl (C=O) groups excluding carboxylic acids is 3. The summed E-state index contributed by atoms with van der Waals surface area (Å²) in [7, 11) is 1.57. The second-order valence-corrected chi connectivity index (χ2v) is 10.4. The van der Waals surface area contributed by atoms with E-state index in [1.165, 1.54) is 4.90 Å². The number of rotatable bonds is 7. The van der Waals surface area contributed by atoms with Crippen molar-refractivity contribution in [1.29, 1.82) is 0 Å². The summed E-state index contributed by atoms with van der Waals surface area (Å²) < 4.78 is 5.49. The first-order valence-corrected chi connectivity index (χ1v) is 12.4. The van der Waals surface area contributed by atoms with Gasteiger partial charge >= 0.3 is 6.09 Å². The zero-order valence-electron chi connectivity index (χ0n) is 21.4. The van der Waals surface area contributed by atoms with Crippen LogP contribution in [0.3, 0.4) is 0 Å². The number of aryl methyl sites for hydroxylation is 1. The van der Waals surface area contributed by atoms with Crippen molar-refractivity contribution in [3.63, 3.8) is 0 Å². The molecule has 0 radical (unpaired) electrons. The first kappa shape index (κ1) is 25.7. The molecule has 2 aliphatic rings. The number of hydrogen-bond donors (Lipinski definition) is 2. The number of anilines is 1. The highest BCUT2D eigenvalue weighted by molar-refractivity contribution is 6.07. The topological polar surface area (TPSA) is 99.2 Å². The fourth-order valence-corrected chi connectivity index (χ4v) is 5.32. The number of aliphatic hydroxyl groups excluding tert-OH is 1. The van der Waals surface area contributed by atoms with Crippen LogP contribution < -0.4 is 5.32 Å². The maximum absolute atomic E-state index is 13.9. The minimum atomic E-state index is -0.917. The average molecular weight is 494 g/mol. The van der Waals surface area contributed by atoms with Gasteiger partial charge in [-0.15, -0.1) is 0 Å². The van der Waals surface area contributed by atoms with Crippen LogP contribution in [-0.4, -0.2) is 65.1 Å². The van der Waals surface area contributed by atoms with E-state index >= 15 is 0 Å². The molecule has 1 saturated heterocycles. The van der Waals surface area contributed by atoms with Gasteiger partial charge in [-0.2, -0.15) is 0 Å². The molecule has 0 aromatic heterocycles. The Balaban J connectivity index is 1.57. The van der Waals surface area contributed by atoms with Gasteiger partial charge in [0.2, 0.25) is 11.8 Å². The molecule has 2 N–H and O–H groups in total. The van der Waals surface area contributed by atoms with Crippen molar-refractivity contribution in [3.8, 4) is 0 Å². The van der Waals surface area contributed by atoms with Gasteiger partial charge in [-0.1, -0.05) is 61.9 Å². The molecule has 0 aliphatic carbocycles. The molecule has 8 heteroatoms. The summed E-state index contributed by atoms with van der Waals surface area (Å²) in [5.74, 6) is -0.314. The molecule has 3 amide bonds. The lowest BCUT2D eigenvalue weighted by Gasteiger charge is -2.33. The van der Waals surface area contributed by atoms with Crippen molar-refractivity contribution >= 4 is 23.6 Å². The third-order valence-corrected chi connectivity index (χ3v) is 7.27. The summed E-state index contributed by atoms with van der Waals surface area (Å²) in [6.45, 7) is 5.94. The number of likely N-dealkylation sites (tertiary alicyclic amines) is 1. The third kappa shape index (κ3) is 4.82. The standard InChI is InChI=1S/C28H35N3O5/c1-18(2)12-24(30(4)27(35)36-16-20-8-6-5-7-9-20)25(33)31-17-28(14-21(31)15-32)22-13-19(3)10-11-23(22)29-26(28)34/h5-11,13,18,21,24,32H,12,14-17H2,1-4H3,(H,29,34)/t21-,24-,28-/m0/s1. The third-order valence-electron chi connectivity index (χ3n) is 7.27. The fraction of sp³-hybridized carbons (Fsp3) is 0.464. The van der Waals surface area contributed by atoms with Gasteiger partial charge in [-0.3, -0.25) is 14.5 Å². The number of carbonyl (C=O) groups is 3. The number of fused-ring (bicyclic) bond motifs is 2. The molecule has 1 spiro atoms. The second kappa shape index (κ2) is 10.3. The predicted molar refractivity (Wildman–Crippen MR) is 136 cm³/mol. The van der Waals surface area contributed by atoms with Crippen LogP contribution in [0.5, 0.6) is 0 Å². The number of likely N-dealkylation sites (N-methyl/N-ethyl adjacent to an activating group) is 1. The minimum absolute atomic E-state index is 0.106. The van der Waals surface area contributed by atoms with Gasteiger partial charge in [-0.05, 0) is 42.9 Å². The number of nitrogens with one attached hydrogen (secondary N) is 1. The molecule has 0 unspecified atom stereocenters. The normalized spacial score (nSPS) is 21.4. The van der Waals surface area contributed by atoms with Gasteiger partial charge in [0, 0.05) is 19.3 Å². The van der Waals surface area contributed by atoms with E-state index in [2.05, 4.69) is 5.32 Å². The Hall–Kier alpha value is -3.39. The molecule has 0 saturated carbocycles. The van der Waals surface area contributed by atoms with Gasteiger partial charge in [0.05, 0.1) is 18.1 Å². The zero-order chi connectivity index (χ0) is 26.0. The van der Waals surface area contributed by atoms with E-state index in [1.807, 2.05) is 69.3 Å². The number of amides is 3. The van der Waals surface area contributed by atoms with E-state index < -0.39 is 23.6 Å². The molecular formula is C28H35N3O5. The monoisotopic (exact) mass is 493 g/mol. The molecule has 1 fully saturated rings. The first-order valence-electron chi connectivity index (χ1n) is 12.4. The van der Waals surface area contributed by atoms with Crippen LogP contribution in [-0.2, 0) is 26.3 Å². The van der Waals surface area contributed by atoms with E-state index in [9.17, 15) is 19.5 Å². The Morgan fingerprint density at radius 3 is 2.61 bits per heavy atom. The van der Waals surface area contributed by atoms with Crippen LogP contribution in [0, 0.1) is 12.8 Å². The van der Waals surface area contributed by atoms with Crippen molar-refractivity contribution in [3.05, 3.63) is 65.2 Å². The molecule has 192 valence electrons. The average Bonchev–Trinajstić information content (AvgIpc) is 3.39. The van der Waals surface area contributed by atoms with Crippen molar-refractivity contribution in [2.24, 2.45) is 5.92 Å². The predicted octanol–water partition coefficient (Wildman–Crippen LogP) is 3.46. The molecule has 36 heavy (non-hydrogen) atoms. The number of ether oxygens (including phenoxy) is 1. The van der Waals surface area contributed by atoms with Gasteiger partial charge in [-0.25, -0.2) is 4.79 Å². The Kier molecular flexibility index (Phi) is 7.36. The largest absolute Gasteiger partial charge is 0.445 e. The molecule has 2 heterocycles. The number of hydrogen-bond acceptors (Lipinski definition) is 5. The maximum atomic E-state index is 13.9. The molecule has 4 rings (SSSR count). The van der Waals surface area contributed by atoms with E-state index in [0.717, 1.165) is 22.4 Å². The highest BCUT2D eigenvalue weighted by atomic mass is 16.6. The SMILES string of the molecule is Cc1ccc2c(c1)[C@@]1(C[C@@H](CO)N(C(=O)[C@H](CC(C)C)N(C)C(=O)OCc3ccccc3)C1)C(=O)N2. The lowest BCUT2D eigenvalue weighted by atomic mass is 9.79. The lowest BCUT2D eigenvalue weighted by molar-refractivity contribution is -0.138. The van der Waals surface area contributed by atoms with E-state index in [4.69, 9.17) is 4.74 Å². The first-order chi connectivity index (χ1) is 17.2. The van der Waals surface area contributed by atoms with Gasteiger partial charge in [0.25, 0.3) is 0 Å². The smallest absolute Gasteiger partial charge is 0.410 e.